The van der Waals surface area contributed by atoms with Crippen LogP contribution in [0.3, 0.4) is 0 Å². The Kier molecular flexibility index (Phi) is 5.05. The molecule has 0 N–H and O–H groups in total. The third kappa shape index (κ3) is 4.13. The summed E-state index contributed by atoms with van der Waals surface area (Å²) < 4.78 is 9.49. The molecule has 1 radical (unpaired) electrons. The second-order valence-electron chi connectivity index (χ2n) is 3.07. The summed E-state index contributed by atoms with van der Waals surface area (Å²) in [6.45, 7) is 1.87. The standard InChI is InChI=1S/C12H13O4/c1-2-8-15-11(13)9-16-12(14)10-6-4-3-5-7-10/h3-6H,2,8-9H2,1H3. The van der Waals surface area contributed by atoms with Gasteiger partial charge in [0.15, 0.2) is 6.61 Å². The third-order valence-electron chi connectivity index (χ3n) is 1.72. The van der Waals surface area contributed by atoms with E-state index in [1.165, 1.54) is 0 Å². The van der Waals surface area contributed by atoms with Crippen molar-refractivity contribution in [3.63, 3.8) is 0 Å². The van der Waals surface area contributed by atoms with E-state index in [0.29, 0.717) is 12.2 Å². The Labute approximate surface area is 94.2 Å². The molecule has 85 valence electrons. The lowest BCUT2D eigenvalue weighted by Crippen LogP contribution is -2.16. The van der Waals surface area contributed by atoms with Crippen LogP contribution in [0.2, 0.25) is 0 Å². The van der Waals surface area contributed by atoms with Crippen LogP contribution < -0.4 is 0 Å². The molecule has 4 heteroatoms. The highest BCUT2D eigenvalue weighted by Crippen LogP contribution is 2.00. The molecule has 16 heavy (non-hydrogen) atoms. The van der Waals surface area contributed by atoms with Gasteiger partial charge in [0, 0.05) is 0 Å². The second-order valence-corrected chi connectivity index (χ2v) is 3.07. The van der Waals surface area contributed by atoms with Crippen LogP contribution in [0.5, 0.6) is 0 Å². The van der Waals surface area contributed by atoms with Crippen LogP contribution >= 0.6 is 0 Å². The predicted molar refractivity (Wildman–Crippen MR) is 56.8 cm³/mol. The van der Waals surface area contributed by atoms with Crippen LogP contribution in [0.4, 0.5) is 0 Å². The molecule has 0 heterocycles. The molecular weight excluding hydrogens is 208 g/mol. The van der Waals surface area contributed by atoms with Gasteiger partial charge in [-0.05, 0) is 18.6 Å². The Hall–Kier alpha value is -1.84. The molecule has 0 unspecified atom stereocenters. The van der Waals surface area contributed by atoms with Gasteiger partial charge in [-0.25, -0.2) is 9.59 Å². The van der Waals surface area contributed by atoms with Crippen LogP contribution in [0.15, 0.2) is 24.3 Å². The number of carbonyl (C=O) groups is 2. The molecule has 0 amide bonds. The number of benzene rings is 1. The summed E-state index contributed by atoms with van der Waals surface area (Å²) in [5.74, 6) is -1.11. The highest BCUT2D eigenvalue weighted by atomic mass is 16.6. The van der Waals surface area contributed by atoms with Crippen molar-refractivity contribution in [2.24, 2.45) is 0 Å². The summed E-state index contributed by atoms with van der Waals surface area (Å²) in [5.41, 5.74) is 0.297. The van der Waals surface area contributed by atoms with E-state index >= 15 is 0 Å². The average molecular weight is 221 g/mol. The van der Waals surface area contributed by atoms with Crippen LogP contribution in [-0.4, -0.2) is 25.2 Å². The smallest absolute Gasteiger partial charge is 0.344 e. The lowest BCUT2D eigenvalue weighted by molar-refractivity contribution is -0.147. The molecular formula is C12H13O4. The lowest BCUT2D eigenvalue weighted by Gasteiger charge is -2.04. The van der Waals surface area contributed by atoms with E-state index < -0.39 is 11.9 Å². The maximum atomic E-state index is 11.4. The molecule has 4 nitrogen and oxygen atoms in total. The highest BCUT2D eigenvalue weighted by molar-refractivity contribution is 5.90. The van der Waals surface area contributed by atoms with Crippen LogP contribution in [-0.2, 0) is 14.3 Å². The van der Waals surface area contributed by atoms with E-state index in [0.717, 1.165) is 6.42 Å². The Morgan fingerprint density at radius 1 is 1.31 bits per heavy atom. The first-order valence-electron chi connectivity index (χ1n) is 5.03. The minimum Gasteiger partial charge on any atom is -0.463 e. The quantitative estimate of drug-likeness (QED) is 0.708. The average Bonchev–Trinajstić information content (AvgIpc) is 2.34. The third-order valence-corrected chi connectivity index (χ3v) is 1.72. The highest BCUT2D eigenvalue weighted by Gasteiger charge is 2.09. The zero-order chi connectivity index (χ0) is 11.8. The largest absolute Gasteiger partial charge is 0.463 e. The van der Waals surface area contributed by atoms with Crippen molar-refractivity contribution in [1.29, 1.82) is 0 Å². The number of rotatable bonds is 5. The van der Waals surface area contributed by atoms with Crippen LogP contribution in [0.25, 0.3) is 0 Å². The fourth-order valence-corrected chi connectivity index (χ4v) is 0.980. The molecule has 0 aliphatic heterocycles. The number of hydrogen-bond acceptors (Lipinski definition) is 4. The van der Waals surface area contributed by atoms with Gasteiger partial charge in [0.05, 0.1) is 12.2 Å². The van der Waals surface area contributed by atoms with Crippen molar-refractivity contribution in [2.45, 2.75) is 13.3 Å². The monoisotopic (exact) mass is 221 g/mol. The maximum Gasteiger partial charge on any atom is 0.344 e. The summed E-state index contributed by atoms with van der Waals surface area (Å²) in [6, 6.07) is 9.32. The van der Waals surface area contributed by atoms with Gasteiger partial charge in [-0.3, -0.25) is 0 Å². The van der Waals surface area contributed by atoms with Crippen molar-refractivity contribution in [3.05, 3.63) is 35.9 Å². The van der Waals surface area contributed by atoms with E-state index in [1.54, 1.807) is 24.3 Å². The first kappa shape index (κ1) is 12.2. The Bertz CT molecular complexity index is 345. The Balaban J connectivity index is 2.33. The van der Waals surface area contributed by atoms with Crippen molar-refractivity contribution >= 4 is 11.9 Å². The summed E-state index contributed by atoms with van der Waals surface area (Å²) in [6.07, 6.45) is 0.742. The topological polar surface area (TPSA) is 52.6 Å². The summed E-state index contributed by atoms with van der Waals surface area (Å²) in [5, 5.41) is 0. The Morgan fingerprint density at radius 2 is 2.12 bits per heavy atom. The van der Waals surface area contributed by atoms with Gasteiger partial charge in [0.25, 0.3) is 0 Å². The SMILES string of the molecule is CCCOC(=O)COC(=O)c1[c]cccc1. The van der Waals surface area contributed by atoms with Gasteiger partial charge in [0.1, 0.15) is 0 Å². The number of esters is 2. The molecule has 0 saturated carbocycles. The van der Waals surface area contributed by atoms with Gasteiger partial charge in [0.2, 0.25) is 0 Å². The molecule has 0 aliphatic rings. The molecule has 0 spiro atoms. The minimum absolute atomic E-state index is 0.297. The fraction of sp³-hybridized carbons (Fsp3) is 0.333. The fourth-order valence-electron chi connectivity index (χ4n) is 0.980. The minimum atomic E-state index is -0.575. The second kappa shape index (κ2) is 6.61. The van der Waals surface area contributed by atoms with Crippen molar-refractivity contribution < 1.29 is 19.1 Å². The number of hydrogen-bond donors (Lipinski definition) is 0. The number of ether oxygens (including phenoxy) is 2. The van der Waals surface area contributed by atoms with E-state index in [1.807, 2.05) is 6.92 Å². The predicted octanol–water partition coefficient (Wildman–Crippen LogP) is 1.60. The van der Waals surface area contributed by atoms with Gasteiger partial charge >= 0.3 is 11.9 Å². The van der Waals surface area contributed by atoms with E-state index in [9.17, 15) is 9.59 Å². The summed E-state index contributed by atoms with van der Waals surface area (Å²) in [4.78, 5) is 22.4. The van der Waals surface area contributed by atoms with Gasteiger partial charge in [-0.2, -0.15) is 0 Å². The summed E-state index contributed by atoms with van der Waals surface area (Å²) >= 11 is 0. The Morgan fingerprint density at radius 3 is 2.75 bits per heavy atom. The first-order valence-corrected chi connectivity index (χ1v) is 5.03. The maximum absolute atomic E-state index is 11.4. The van der Waals surface area contributed by atoms with Crippen LogP contribution in [0.1, 0.15) is 23.7 Å². The summed E-state index contributed by atoms with van der Waals surface area (Å²) in [7, 11) is 0. The first-order chi connectivity index (χ1) is 7.74. The molecule has 0 atom stereocenters. The van der Waals surface area contributed by atoms with Crippen molar-refractivity contribution in [2.75, 3.05) is 13.2 Å². The van der Waals surface area contributed by atoms with E-state index in [2.05, 4.69) is 6.07 Å². The van der Waals surface area contributed by atoms with E-state index in [4.69, 9.17) is 9.47 Å². The normalized spacial score (nSPS) is 9.56. The van der Waals surface area contributed by atoms with E-state index in [-0.39, 0.29) is 6.61 Å². The van der Waals surface area contributed by atoms with Gasteiger partial charge < -0.3 is 9.47 Å². The molecule has 1 rings (SSSR count). The number of carbonyl (C=O) groups excluding carboxylic acids is 2. The van der Waals surface area contributed by atoms with Gasteiger partial charge in [-0.1, -0.05) is 25.1 Å². The zero-order valence-electron chi connectivity index (χ0n) is 9.06. The van der Waals surface area contributed by atoms with Crippen molar-refractivity contribution in [3.8, 4) is 0 Å². The molecule has 0 aromatic heterocycles. The molecule has 1 aromatic rings. The van der Waals surface area contributed by atoms with Crippen LogP contribution in [0, 0.1) is 6.07 Å². The van der Waals surface area contributed by atoms with Gasteiger partial charge in [-0.15, -0.1) is 0 Å². The molecule has 0 saturated heterocycles. The lowest BCUT2D eigenvalue weighted by atomic mass is 10.2. The molecule has 1 aromatic carbocycles. The zero-order valence-corrected chi connectivity index (χ0v) is 9.06. The molecule has 0 bridgehead atoms. The van der Waals surface area contributed by atoms with Crippen molar-refractivity contribution in [1.82, 2.24) is 0 Å². The molecule has 0 fully saturated rings. The molecule has 0 aliphatic carbocycles.